The predicted molar refractivity (Wildman–Crippen MR) is 82.9 cm³/mol. The summed E-state index contributed by atoms with van der Waals surface area (Å²) in [5.41, 5.74) is 3.23. The van der Waals surface area contributed by atoms with Crippen LogP contribution in [0.1, 0.15) is 18.3 Å². The molecule has 5 heteroatoms. The van der Waals surface area contributed by atoms with E-state index >= 15 is 0 Å². The number of rotatable bonds is 7. The van der Waals surface area contributed by atoms with Crippen molar-refractivity contribution in [2.75, 3.05) is 6.61 Å². The fourth-order valence-electron chi connectivity index (χ4n) is 2.16. The fourth-order valence-corrected chi connectivity index (χ4v) is 2.16. The molecule has 2 aromatic rings. The molecular formula is C17H18N2O3. The van der Waals surface area contributed by atoms with Gasteiger partial charge in [0.05, 0.1) is 31.0 Å². The molecule has 0 bridgehead atoms. The van der Waals surface area contributed by atoms with Crippen LogP contribution in [-0.4, -0.2) is 24.0 Å². The second kappa shape index (κ2) is 7.93. The monoisotopic (exact) mass is 298 g/mol. The molecule has 0 fully saturated rings. The summed E-state index contributed by atoms with van der Waals surface area (Å²) >= 11 is 0. The Balaban J connectivity index is 2.34. The minimum absolute atomic E-state index is 0.104. The molecule has 0 atom stereocenters. The molecule has 0 aliphatic carbocycles. The number of carbonyl (C=O) groups is 2. The zero-order valence-electron chi connectivity index (χ0n) is 12.4. The van der Waals surface area contributed by atoms with Crippen LogP contribution in [0.4, 0.5) is 0 Å². The van der Waals surface area contributed by atoms with Crippen molar-refractivity contribution >= 4 is 12.4 Å². The summed E-state index contributed by atoms with van der Waals surface area (Å²) in [5.74, 6) is -0.312. The van der Waals surface area contributed by atoms with Crippen molar-refractivity contribution in [1.29, 1.82) is 0 Å². The van der Waals surface area contributed by atoms with Gasteiger partial charge in [-0.3, -0.25) is 14.6 Å². The minimum Gasteiger partial charge on any atom is -0.466 e. The van der Waals surface area contributed by atoms with Crippen molar-refractivity contribution in [2.45, 2.75) is 19.9 Å². The molecule has 2 rings (SSSR count). The summed E-state index contributed by atoms with van der Waals surface area (Å²) in [6.45, 7) is 2.44. The second-order valence-electron chi connectivity index (χ2n) is 4.64. The van der Waals surface area contributed by atoms with Crippen LogP contribution >= 0.6 is 0 Å². The summed E-state index contributed by atoms with van der Waals surface area (Å²) in [7, 11) is 0. The molecule has 1 aromatic heterocycles. The Bertz CT molecular complexity index is 642. The first-order valence-corrected chi connectivity index (χ1v) is 7.11. The van der Waals surface area contributed by atoms with Gasteiger partial charge in [0, 0.05) is 5.56 Å². The molecular weight excluding hydrogens is 280 g/mol. The highest BCUT2D eigenvalue weighted by Gasteiger charge is 2.13. The first kappa shape index (κ1) is 15.7. The molecule has 22 heavy (non-hydrogen) atoms. The molecule has 1 N–H and O–H groups in total. The van der Waals surface area contributed by atoms with Gasteiger partial charge in [-0.15, -0.1) is 0 Å². The van der Waals surface area contributed by atoms with Crippen molar-refractivity contribution in [3.8, 4) is 11.1 Å². The predicted octanol–water partition coefficient (Wildman–Crippen LogP) is 2.10. The molecule has 5 nitrogen and oxygen atoms in total. The van der Waals surface area contributed by atoms with Crippen molar-refractivity contribution in [3.05, 3.63) is 53.9 Å². The molecule has 1 amide bonds. The third kappa shape index (κ3) is 4.15. The van der Waals surface area contributed by atoms with E-state index in [1.165, 1.54) is 0 Å². The van der Waals surface area contributed by atoms with Crippen LogP contribution in [0.3, 0.4) is 0 Å². The Morgan fingerprint density at radius 1 is 1.23 bits per heavy atom. The number of amides is 1. The Hall–Kier alpha value is -2.69. The lowest BCUT2D eigenvalue weighted by Crippen LogP contribution is -2.14. The molecule has 1 heterocycles. The van der Waals surface area contributed by atoms with Crippen LogP contribution in [0.15, 0.2) is 42.5 Å². The topological polar surface area (TPSA) is 68.3 Å². The van der Waals surface area contributed by atoms with Crippen LogP contribution in [0.5, 0.6) is 0 Å². The Labute approximate surface area is 129 Å². The van der Waals surface area contributed by atoms with E-state index in [9.17, 15) is 9.59 Å². The van der Waals surface area contributed by atoms with E-state index in [4.69, 9.17) is 4.74 Å². The highest BCUT2D eigenvalue weighted by atomic mass is 16.5. The maximum Gasteiger partial charge on any atom is 0.311 e. The average Bonchev–Trinajstić information content (AvgIpc) is 2.54. The maximum absolute atomic E-state index is 11.8. The van der Waals surface area contributed by atoms with Crippen molar-refractivity contribution in [1.82, 2.24) is 10.3 Å². The first-order chi connectivity index (χ1) is 10.7. The van der Waals surface area contributed by atoms with Gasteiger partial charge < -0.3 is 10.1 Å². The van der Waals surface area contributed by atoms with Gasteiger partial charge in [-0.05, 0) is 18.6 Å². The lowest BCUT2D eigenvalue weighted by atomic mass is 10.0. The standard InChI is InChI=1S/C17H18N2O3/c1-2-22-17(21)10-16-15(13-6-4-3-5-7-13)9-8-14(19-16)11-18-12-20/h3-9,12H,2,10-11H2,1H3,(H,18,20). The molecule has 0 unspecified atom stereocenters. The number of pyridine rings is 1. The number of esters is 1. The maximum atomic E-state index is 11.8. The van der Waals surface area contributed by atoms with Crippen LogP contribution in [0.25, 0.3) is 11.1 Å². The van der Waals surface area contributed by atoms with Gasteiger partial charge in [-0.25, -0.2) is 0 Å². The van der Waals surface area contributed by atoms with Gasteiger partial charge in [-0.2, -0.15) is 0 Å². The average molecular weight is 298 g/mol. The van der Waals surface area contributed by atoms with E-state index in [0.29, 0.717) is 30.9 Å². The van der Waals surface area contributed by atoms with Crippen LogP contribution in [-0.2, 0) is 27.3 Å². The van der Waals surface area contributed by atoms with Crippen molar-refractivity contribution in [2.24, 2.45) is 0 Å². The molecule has 0 radical (unpaired) electrons. The van der Waals surface area contributed by atoms with Crippen LogP contribution in [0.2, 0.25) is 0 Å². The number of nitrogens with zero attached hydrogens (tertiary/aromatic N) is 1. The zero-order valence-corrected chi connectivity index (χ0v) is 12.4. The van der Waals surface area contributed by atoms with E-state index in [1.807, 2.05) is 42.5 Å². The fraction of sp³-hybridized carbons (Fsp3) is 0.235. The summed E-state index contributed by atoms with van der Waals surface area (Å²) in [6, 6.07) is 13.5. The van der Waals surface area contributed by atoms with Gasteiger partial charge in [-0.1, -0.05) is 36.4 Å². The number of aromatic nitrogens is 1. The quantitative estimate of drug-likeness (QED) is 0.628. The number of hydrogen-bond donors (Lipinski definition) is 1. The van der Waals surface area contributed by atoms with Crippen LogP contribution in [0, 0.1) is 0 Å². The second-order valence-corrected chi connectivity index (χ2v) is 4.64. The van der Waals surface area contributed by atoms with Crippen molar-refractivity contribution in [3.63, 3.8) is 0 Å². The first-order valence-electron chi connectivity index (χ1n) is 7.11. The highest BCUT2D eigenvalue weighted by molar-refractivity contribution is 5.76. The van der Waals surface area contributed by atoms with Gasteiger partial charge >= 0.3 is 5.97 Å². The molecule has 0 aliphatic rings. The highest BCUT2D eigenvalue weighted by Crippen LogP contribution is 2.23. The minimum atomic E-state index is -0.312. The largest absolute Gasteiger partial charge is 0.466 e. The van der Waals surface area contributed by atoms with E-state index in [-0.39, 0.29) is 12.4 Å². The van der Waals surface area contributed by atoms with Crippen LogP contribution < -0.4 is 5.32 Å². The van der Waals surface area contributed by atoms with E-state index in [0.717, 1.165) is 11.1 Å². The zero-order chi connectivity index (χ0) is 15.8. The molecule has 0 spiro atoms. The number of benzene rings is 1. The molecule has 1 aromatic carbocycles. The number of ether oxygens (including phenoxy) is 1. The lowest BCUT2D eigenvalue weighted by molar-refractivity contribution is -0.142. The third-order valence-corrected chi connectivity index (χ3v) is 3.10. The molecule has 114 valence electrons. The van der Waals surface area contributed by atoms with Gasteiger partial charge in [0.15, 0.2) is 0 Å². The molecule has 0 saturated heterocycles. The Morgan fingerprint density at radius 2 is 2.00 bits per heavy atom. The SMILES string of the molecule is CCOC(=O)Cc1nc(CNC=O)ccc1-c1ccccc1. The number of hydrogen-bond acceptors (Lipinski definition) is 4. The molecule has 0 saturated carbocycles. The van der Waals surface area contributed by atoms with Gasteiger partial charge in [0.1, 0.15) is 0 Å². The van der Waals surface area contributed by atoms with E-state index < -0.39 is 0 Å². The summed E-state index contributed by atoms with van der Waals surface area (Å²) < 4.78 is 5.01. The number of nitrogens with one attached hydrogen (secondary N) is 1. The van der Waals surface area contributed by atoms with Gasteiger partial charge in [0.2, 0.25) is 6.41 Å². The van der Waals surface area contributed by atoms with Gasteiger partial charge in [0.25, 0.3) is 0 Å². The molecule has 0 aliphatic heterocycles. The van der Waals surface area contributed by atoms with E-state index in [2.05, 4.69) is 10.3 Å². The smallest absolute Gasteiger partial charge is 0.311 e. The number of carbonyl (C=O) groups excluding carboxylic acids is 2. The van der Waals surface area contributed by atoms with E-state index in [1.54, 1.807) is 6.92 Å². The third-order valence-electron chi connectivity index (χ3n) is 3.10. The summed E-state index contributed by atoms with van der Waals surface area (Å²) in [5, 5.41) is 2.57. The normalized spacial score (nSPS) is 10.0. The lowest BCUT2D eigenvalue weighted by Gasteiger charge is -2.11. The van der Waals surface area contributed by atoms with Crippen molar-refractivity contribution < 1.29 is 14.3 Å². The summed E-state index contributed by atoms with van der Waals surface area (Å²) in [4.78, 5) is 26.7. The Kier molecular flexibility index (Phi) is 5.65. The Morgan fingerprint density at radius 3 is 2.68 bits per heavy atom. The summed E-state index contributed by atoms with van der Waals surface area (Å²) in [6.07, 6.45) is 0.727.